The molecule has 0 aliphatic heterocycles. The van der Waals surface area contributed by atoms with E-state index >= 15 is 0 Å². The topological polar surface area (TPSA) is 52.3 Å². The van der Waals surface area contributed by atoms with Crippen LogP contribution < -0.4 is 4.74 Å². The van der Waals surface area contributed by atoms with Crippen molar-refractivity contribution in [2.45, 2.75) is 32.3 Å². The average molecular weight is 402 g/mol. The van der Waals surface area contributed by atoms with Crippen LogP contribution in [0.5, 0.6) is 5.75 Å². The molecule has 138 valence electrons. The average Bonchev–Trinajstić information content (AvgIpc) is 3.41. The fourth-order valence-electron chi connectivity index (χ4n) is 2.99. The number of halogens is 2. The highest BCUT2D eigenvalue weighted by atomic mass is 35.5. The van der Waals surface area contributed by atoms with Crippen molar-refractivity contribution >= 4 is 29.0 Å². The van der Waals surface area contributed by atoms with E-state index in [9.17, 15) is 4.79 Å². The van der Waals surface area contributed by atoms with Crippen LogP contribution in [0.3, 0.4) is 0 Å². The van der Waals surface area contributed by atoms with Crippen molar-refractivity contribution in [1.29, 1.82) is 0 Å². The zero-order valence-corrected chi connectivity index (χ0v) is 16.2. The zero-order valence-electron chi connectivity index (χ0n) is 14.7. The molecule has 0 amide bonds. The van der Waals surface area contributed by atoms with Gasteiger partial charge >= 0.3 is 0 Å². The molecule has 4 nitrogen and oxygen atoms in total. The van der Waals surface area contributed by atoms with Gasteiger partial charge < -0.3 is 9.26 Å². The Balaban J connectivity index is 1.65. The summed E-state index contributed by atoms with van der Waals surface area (Å²) < 4.78 is 11.6. The fourth-order valence-corrected chi connectivity index (χ4v) is 3.57. The second kappa shape index (κ2) is 7.37. The molecule has 3 aromatic rings. The van der Waals surface area contributed by atoms with Gasteiger partial charge in [-0.15, -0.1) is 0 Å². The lowest BCUT2D eigenvalue weighted by Gasteiger charge is -2.10. The molecule has 1 heterocycles. The van der Waals surface area contributed by atoms with E-state index in [2.05, 4.69) is 5.16 Å². The molecule has 1 aromatic heterocycles. The first-order valence-electron chi connectivity index (χ1n) is 8.71. The first-order chi connectivity index (χ1) is 13.0. The van der Waals surface area contributed by atoms with Gasteiger partial charge in [-0.05, 0) is 56.2 Å². The zero-order chi connectivity index (χ0) is 19.0. The highest BCUT2D eigenvalue weighted by molar-refractivity contribution is 6.39. The van der Waals surface area contributed by atoms with Gasteiger partial charge in [-0.1, -0.05) is 34.4 Å². The number of ketones is 1. The first-order valence-corrected chi connectivity index (χ1v) is 9.47. The Kier molecular flexibility index (Phi) is 4.94. The number of rotatable bonds is 6. The molecule has 0 radical (unpaired) electrons. The van der Waals surface area contributed by atoms with Crippen molar-refractivity contribution < 1.29 is 14.1 Å². The lowest BCUT2D eigenvalue weighted by atomic mass is 10.0. The minimum atomic E-state index is 0.0206. The highest BCUT2D eigenvalue weighted by Crippen LogP contribution is 2.46. The van der Waals surface area contributed by atoms with E-state index in [4.69, 9.17) is 32.5 Å². The van der Waals surface area contributed by atoms with Gasteiger partial charge in [0.25, 0.3) is 0 Å². The van der Waals surface area contributed by atoms with Crippen LogP contribution in [0.4, 0.5) is 0 Å². The van der Waals surface area contributed by atoms with Gasteiger partial charge in [0.05, 0.1) is 15.6 Å². The molecule has 1 saturated carbocycles. The molecule has 0 bridgehead atoms. The highest BCUT2D eigenvalue weighted by Gasteiger charge is 2.33. The Morgan fingerprint density at radius 1 is 1.15 bits per heavy atom. The number of aromatic nitrogens is 1. The van der Waals surface area contributed by atoms with Crippen LogP contribution in [-0.4, -0.2) is 10.9 Å². The van der Waals surface area contributed by atoms with E-state index in [1.165, 1.54) is 6.92 Å². The summed E-state index contributed by atoms with van der Waals surface area (Å²) in [5, 5.41) is 5.29. The number of hydrogen-bond donors (Lipinski definition) is 0. The summed E-state index contributed by atoms with van der Waals surface area (Å²) in [5.74, 6) is 1.89. The molecule has 4 rings (SSSR count). The summed E-state index contributed by atoms with van der Waals surface area (Å²) in [4.78, 5) is 11.4. The largest absolute Gasteiger partial charge is 0.489 e. The molecule has 27 heavy (non-hydrogen) atoms. The van der Waals surface area contributed by atoms with Gasteiger partial charge in [-0.2, -0.15) is 0 Å². The van der Waals surface area contributed by atoms with Gasteiger partial charge in [0.2, 0.25) is 0 Å². The Bertz CT molecular complexity index is 971. The lowest BCUT2D eigenvalue weighted by molar-refractivity contribution is 0.101. The number of ether oxygens (including phenoxy) is 1. The number of nitrogens with zero attached hydrogens (tertiary/aromatic N) is 1. The molecular formula is C21H17Cl2NO3. The van der Waals surface area contributed by atoms with Crippen LogP contribution in [0.25, 0.3) is 11.3 Å². The van der Waals surface area contributed by atoms with Crippen LogP contribution in [0.15, 0.2) is 47.0 Å². The van der Waals surface area contributed by atoms with Crippen LogP contribution in [0.1, 0.15) is 47.4 Å². The maximum atomic E-state index is 11.4. The normalized spacial score (nSPS) is 13.6. The summed E-state index contributed by atoms with van der Waals surface area (Å²) in [6, 6.07) is 12.4. The van der Waals surface area contributed by atoms with Gasteiger partial charge in [0, 0.05) is 17.0 Å². The molecule has 1 aliphatic carbocycles. The first kappa shape index (κ1) is 18.1. The van der Waals surface area contributed by atoms with Crippen molar-refractivity contribution in [3.8, 4) is 17.0 Å². The summed E-state index contributed by atoms with van der Waals surface area (Å²) in [7, 11) is 0. The predicted molar refractivity (Wildman–Crippen MR) is 105 cm³/mol. The Hall–Kier alpha value is -2.30. The molecule has 1 aliphatic rings. The number of carbonyl (C=O) groups excluding carboxylic acids is 1. The molecule has 0 N–H and O–H groups in total. The SMILES string of the molecule is CC(=O)c1ccc(OCc2c(-c3c(Cl)cccc3Cl)noc2C2CC2)cc1. The lowest BCUT2D eigenvalue weighted by Crippen LogP contribution is -2.00. The van der Waals surface area contributed by atoms with Crippen molar-refractivity contribution in [3.05, 3.63) is 69.4 Å². The van der Waals surface area contributed by atoms with E-state index in [1.54, 1.807) is 42.5 Å². The number of Topliss-reactive ketones (excluding diaryl/α,β-unsaturated/α-hetero) is 1. The third-order valence-electron chi connectivity index (χ3n) is 4.61. The second-order valence-corrected chi connectivity index (χ2v) is 7.43. The van der Waals surface area contributed by atoms with E-state index in [0.717, 1.165) is 24.2 Å². The number of hydrogen-bond acceptors (Lipinski definition) is 4. The Morgan fingerprint density at radius 2 is 1.81 bits per heavy atom. The van der Waals surface area contributed by atoms with E-state index in [-0.39, 0.29) is 12.4 Å². The molecule has 0 spiro atoms. The van der Waals surface area contributed by atoms with E-state index in [0.29, 0.717) is 38.5 Å². The Morgan fingerprint density at radius 3 is 2.41 bits per heavy atom. The van der Waals surface area contributed by atoms with E-state index < -0.39 is 0 Å². The monoisotopic (exact) mass is 401 g/mol. The van der Waals surface area contributed by atoms with Gasteiger partial charge in [0.1, 0.15) is 23.8 Å². The Labute approximate surface area is 167 Å². The smallest absolute Gasteiger partial charge is 0.159 e. The quantitative estimate of drug-likeness (QED) is 0.454. The van der Waals surface area contributed by atoms with Crippen molar-refractivity contribution in [2.75, 3.05) is 0 Å². The van der Waals surface area contributed by atoms with Crippen molar-refractivity contribution in [1.82, 2.24) is 5.16 Å². The summed E-state index contributed by atoms with van der Waals surface area (Å²) >= 11 is 12.7. The van der Waals surface area contributed by atoms with Gasteiger partial charge in [-0.3, -0.25) is 4.79 Å². The van der Waals surface area contributed by atoms with Crippen LogP contribution in [-0.2, 0) is 6.61 Å². The second-order valence-electron chi connectivity index (χ2n) is 6.61. The molecule has 0 unspecified atom stereocenters. The van der Waals surface area contributed by atoms with Crippen molar-refractivity contribution in [3.63, 3.8) is 0 Å². The van der Waals surface area contributed by atoms with Crippen LogP contribution >= 0.6 is 23.2 Å². The molecule has 0 saturated heterocycles. The van der Waals surface area contributed by atoms with E-state index in [1.807, 2.05) is 0 Å². The fraction of sp³-hybridized carbons (Fsp3) is 0.238. The van der Waals surface area contributed by atoms with Gasteiger partial charge in [-0.25, -0.2) is 0 Å². The molecule has 2 aromatic carbocycles. The van der Waals surface area contributed by atoms with Crippen LogP contribution in [0.2, 0.25) is 10.0 Å². The number of benzene rings is 2. The van der Waals surface area contributed by atoms with Crippen LogP contribution in [0, 0.1) is 0 Å². The third kappa shape index (κ3) is 3.73. The summed E-state index contributed by atoms with van der Waals surface area (Å²) in [6.45, 7) is 1.82. The molecule has 0 atom stereocenters. The summed E-state index contributed by atoms with van der Waals surface area (Å²) in [6.07, 6.45) is 2.15. The third-order valence-corrected chi connectivity index (χ3v) is 5.24. The minimum Gasteiger partial charge on any atom is -0.489 e. The molecule has 1 fully saturated rings. The van der Waals surface area contributed by atoms with Gasteiger partial charge in [0.15, 0.2) is 5.78 Å². The standard InChI is InChI=1S/C21H17Cl2NO3/c1-12(25)13-7-9-15(10-8-13)26-11-16-20(24-27-21(16)14-5-6-14)19-17(22)3-2-4-18(19)23/h2-4,7-10,14H,5-6,11H2,1H3. The minimum absolute atomic E-state index is 0.0206. The summed E-state index contributed by atoms with van der Waals surface area (Å²) in [5.41, 5.74) is 2.78. The van der Waals surface area contributed by atoms with Crippen molar-refractivity contribution in [2.24, 2.45) is 0 Å². The maximum Gasteiger partial charge on any atom is 0.159 e. The maximum absolute atomic E-state index is 11.4. The molecule has 6 heteroatoms. The molecular weight excluding hydrogens is 385 g/mol. The predicted octanol–water partition coefficient (Wildman–Crippen LogP) is 6.31. The number of carbonyl (C=O) groups is 1.